The average Bonchev–Trinajstić information content (AvgIpc) is 2.61. The molecular formula is C14H21NO2. The first-order valence-corrected chi connectivity index (χ1v) is 5.97. The summed E-state index contributed by atoms with van der Waals surface area (Å²) in [5.74, 6) is 1.91. The highest BCUT2D eigenvalue weighted by Crippen LogP contribution is 2.51. The molecule has 1 aliphatic rings. The van der Waals surface area contributed by atoms with Crippen molar-refractivity contribution in [2.45, 2.75) is 31.7 Å². The van der Waals surface area contributed by atoms with Crippen LogP contribution in [0.15, 0.2) is 12.1 Å². The lowest BCUT2D eigenvalue weighted by Crippen LogP contribution is -2.17. The van der Waals surface area contributed by atoms with Gasteiger partial charge in [0.15, 0.2) is 0 Å². The summed E-state index contributed by atoms with van der Waals surface area (Å²) in [6.45, 7) is 4.51. The third-order valence-corrected chi connectivity index (χ3v) is 3.70. The van der Waals surface area contributed by atoms with Crippen LogP contribution < -0.4 is 14.8 Å². The average molecular weight is 235 g/mol. The predicted octanol–water partition coefficient (Wildman–Crippen LogP) is 2.65. The van der Waals surface area contributed by atoms with Gasteiger partial charge in [0.25, 0.3) is 0 Å². The zero-order valence-corrected chi connectivity index (χ0v) is 11.3. The van der Waals surface area contributed by atoms with Crippen molar-refractivity contribution < 1.29 is 9.47 Å². The van der Waals surface area contributed by atoms with Crippen molar-refractivity contribution >= 4 is 0 Å². The molecule has 0 heterocycles. The Balaban J connectivity index is 2.67. The van der Waals surface area contributed by atoms with Gasteiger partial charge in [-0.2, -0.15) is 0 Å². The second kappa shape index (κ2) is 4.22. The molecule has 0 amide bonds. The monoisotopic (exact) mass is 235 g/mol. The first-order chi connectivity index (χ1) is 8.05. The fraction of sp³-hybridized carbons (Fsp3) is 0.571. The minimum absolute atomic E-state index is 0.114. The molecule has 17 heavy (non-hydrogen) atoms. The van der Waals surface area contributed by atoms with E-state index in [0.717, 1.165) is 17.9 Å². The van der Waals surface area contributed by atoms with Gasteiger partial charge in [0.2, 0.25) is 0 Å². The summed E-state index contributed by atoms with van der Waals surface area (Å²) in [6, 6.07) is 4.32. The SMILES string of the molecule is CNC1CC(C)(C)c2c(OC)ccc(OC)c21. The Hall–Kier alpha value is -1.22. The second-order valence-electron chi connectivity index (χ2n) is 5.19. The van der Waals surface area contributed by atoms with Crippen LogP contribution in [0.4, 0.5) is 0 Å². The highest BCUT2D eigenvalue weighted by molar-refractivity contribution is 5.57. The summed E-state index contributed by atoms with van der Waals surface area (Å²) < 4.78 is 11.0. The fourth-order valence-corrected chi connectivity index (χ4v) is 2.93. The number of fused-ring (bicyclic) bond motifs is 1. The molecule has 3 heteroatoms. The highest BCUT2D eigenvalue weighted by Gasteiger charge is 2.40. The van der Waals surface area contributed by atoms with Crippen LogP contribution in [0.5, 0.6) is 11.5 Å². The second-order valence-corrected chi connectivity index (χ2v) is 5.19. The number of methoxy groups -OCH3 is 2. The summed E-state index contributed by atoms with van der Waals surface area (Å²) in [6.07, 6.45) is 1.07. The minimum atomic E-state index is 0.114. The van der Waals surface area contributed by atoms with E-state index in [0.29, 0.717) is 6.04 Å². The summed E-state index contributed by atoms with van der Waals surface area (Å²) >= 11 is 0. The number of rotatable bonds is 3. The van der Waals surface area contributed by atoms with Crippen molar-refractivity contribution in [3.8, 4) is 11.5 Å². The molecular weight excluding hydrogens is 214 g/mol. The van der Waals surface area contributed by atoms with Crippen molar-refractivity contribution in [2.24, 2.45) is 0 Å². The molecule has 0 bridgehead atoms. The Morgan fingerprint density at radius 2 is 1.76 bits per heavy atom. The Morgan fingerprint density at radius 3 is 2.29 bits per heavy atom. The number of hydrogen-bond acceptors (Lipinski definition) is 3. The maximum atomic E-state index is 5.50. The highest BCUT2D eigenvalue weighted by atomic mass is 16.5. The Bertz CT molecular complexity index is 426. The van der Waals surface area contributed by atoms with Gasteiger partial charge in [-0.05, 0) is 31.0 Å². The molecule has 0 aliphatic heterocycles. The van der Waals surface area contributed by atoms with Gasteiger partial charge in [-0.25, -0.2) is 0 Å². The summed E-state index contributed by atoms with van der Waals surface area (Å²) in [5, 5.41) is 3.37. The van der Waals surface area contributed by atoms with Crippen molar-refractivity contribution in [3.63, 3.8) is 0 Å². The van der Waals surface area contributed by atoms with Crippen LogP contribution in [-0.2, 0) is 5.41 Å². The van der Waals surface area contributed by atoms with Gasteiger partial charge in [0.05, 0.1) is 14.2 Å². The Kier molecular flexibility index (Phi) is 3.04. The third kappa shape index (κ3) is 1.78. The van der Waals surface area contributed by atoms with Gasteiger partial charge in [0, 0.05) is 17.2 Å². The summed E-state index contributed by atoms with van der Waals surface area (Å²) in [4.78, 5) is 0. The van der Waals surface area contributed by atoms with Crippen LogP contribution in [0.3, 0.4) is 0 Å². The van der Waals surface area contributed by atoms with Crippen LogP contribution in [-0.4, -0.2) is 21.3 Å². The van der Waals surface area contributed by atoms with E-state index >= 15 is 0 Å². The molecule has 94 valence electrons. The van der Waals surface area contributed by atoms with E-state index < -0.39 is 0 Å². The topological polar surface area (TPSA) is 30.5 Å². The smallest absolute Gasteiger partial charge is 0.124 e. The molecule has 2 rings (SSSR count). The predicted molar refractivity (Wildman–Crippen MR) is 69.0 cm³/mol. The molecule has 0 saturated carbocycles. The maximum Gasteiger partial charge on any atom is 0.124 e. The Morgan fingerprint density at radius 1 is 1.18 bits per heavy atom. The molecule has 0 aromatic heterocycles. The van der Waals surface area contributed by atoms with Gasteiger partial charge in [-0.1, -0.05) is 13.8 Å². The van der Waals surface area contributed by atoms with Crippen LogP contribution in [0.25, 0.3) is 0 Å². The van der Waals surface area contributed by atoms with Gasteiger partial charge in [-0.3, -0.25) is 0 Å². The summed E-state index contributed by atoms with van der Waals surface area (Å²) in [7, 11) is 5.44. The molecule has 1 atom stereocenters. The molecule has 0 saturated heterocycles. The molecule has 0 fully saturated rings. The molecule has 0 spiro atoms. The van der Waals surface area contributed by atoms with E-state index in [1.807, 2.05) is 19.2 Å². The largest absolute Gasteiger partial charge is 0.496 e. The maximum absolute atomic E-state index is 5.50. The Labute approximate surface area is 103 Å². The van der Waals surface area contributed by atoms with E-state index in [1.54, 1.807) is 14.2 Å². The lowest BCUT2D eigenvalue weighted by atomic mass is 9.85. The van der Waals surface area contributed by atoms with Crippen molar-refractivity contribution in [1.29, 1.82) is 0 Å². The van der Waals surface area contributed by atoms with E-state index in [9.17, 15) is 0 Å². The number of benzene rings is 1. The molecule has 1 unspecified atom stereocenters. The molecule has 0 radical (unpaired) electrons. The van der Waals surface area contributed by atoms with Crippen molar-refractivity contribution in [1.82, 2.24) is 5.32 Å². The van der Waals surface area contributed by atoms with Crippen LogP contribution in [0.1, 0.15) is 37.4 Å². The van der Waals surface area contributed by atoms with E-state index in [-0.39, 0.29) is 5.41 Å². The van der Waals surface area contributed by atoms with Gasteiger partial charge in [0.1, 0.15) is 11.5 Å². The van der Waals surface area contributed by atoms with E-state index in [4.69, 9.17) is 9.47 Å². The van der Waals surface area contributed by atoms with E-state index in [1.165, 1.54) is 11.1 Å². The van der Waals surface area contributed by atoms with Crippen LogP contribution >= 0.6 is 0 Å². The number of hydrogen-bond donors (Lipinski definition) is 1. The fourth-order valence-electron chi connectivity index (χ4n) is 2.93. The molecule has 1 aromatic carbocycles. The van der Waals surface area contributed by atoms with Crippen LogP contribution in [0, 0.1) is 0 Å². The van der Waals surface area contributed by atoms with Crippen molar-refractivity contribution in [2.75, 3.05) is 21.3 Å². The van der Waals surface area contributed by atoms with Crippen molar-refractivity contribution in [3.05, 3.63) is 23.3 Å². The van der Waals surface area contributed by atoms with Gasteiger partial charge in [-0.15, -0.1) is 0 Å². The quantitative estimate of drug-likeness (QED) is 0.873. The van der Waals surface area contributed by atoms with E-state index in [2.05, 4.69) is 19.2 Å². The normalized spacial score (nSPS) is 21.1. The standard InChI is InChI=1S/C14H21NO2/c1-14(2)8-9(15-3)12-10(16-4)6-7-11(17-5)13(12)14/h6-7,9,15H,8H2,1-5H3. The summed E-state index contributed by atoms with van der Waals surface area (Å²) in [5.41, 5.74) is 2.64. The lowest BCUT2D eigenvalue weighted by molar-refractivity contribution is 0.388. The lowest BCUT2D eigenvalue weighted by Gasteiger charge is -2.21. The van der Waals surface area contributed by atoms with Gasteiger partial charge < -0.3 is 14.8 Å². The zero-order valence-electron chi connectivity index (χ0n) is 11.3. The van der Waals surface area contributed by atoms with Crippen LogP contribution in [0.2, 0.25) is 0 Å². The number of ether oxygens (including phenoxy) is 2. The number of nitrogens with one attached hydrogen (secondary N) is 1. The molecule has 1 aliphatic carbocycles. The minimum Gasteiger partial charge on any atom is -0.496 e. The molecule has 1 aromatic rings. The van der Waals surface area contributed by atoms with Gasteiger partial charge >= 0.3 is 0 Å². The third-order valence-electron chi connectivity index (χ3n) is 3.70. The first-order valence-electron chi connectivity index (χ1n) is 5.97. The first kappa shape index (κ1) is 12.2. The zero-order chi connectivity index (χ0) is 12.6. The molecule has 3 nitrogen and oxygen atoms in total. The molecule has 1 N–H and O–H groups in total.